The molecular formula is C19H23N3O4S. The molecule has 0 unspecified atom stereocenters. The molecular weight excluding hydrogens is 366 g/mol. The Hall–Kier alpha value is -2.19. The van der Waals surface area contributed by atoms with Crippen LogP contribution in [0, 0.1) is 0 Å². The van der Waals surface area contributed by atoms with Gasteiger partial charge in [0.25, 0.3) is 0 Å². The molecule has 4 rings (SSSR count). The average Bonchev–Trinajstić information content (AvgIpc) is 3.39. The topological polar surface area (TPSA) is 101 Å². The fourth-order valence-electron chi connectivity index (χ4n) is 3.50. The average molecular weight is 389 g/mol. The minimum absolute atomic E-state index is 0.276. The predicted octanol–water partition coefficient (Wildman–Crippen LogP) is 2.32. The van der Waals surface area contributed by atoms with Crippen molar-refractivity contribution in [2.24, 2.45) is 0 Å². The van der Waals surface area contributed by atoms with Crippen LogP contribution < -0.4 is 10.6 Å². The summed E-state index contributed by atoms with van der Waals surface area (Å²) < 4.78 is 29.1. The number of nitrogens with one attached hydrogen (secondary N) is 2. The predicted molar refractivity (Wildman–Crippen MR) is 102 cm³/mol. The van der Waals surface area contributed by atoms with Gasteiger partial charge in [-0.15, -0.1) is 0 Å². The van der Waals surface area contributed by atoms with Crippen LogP contribution in [0.5, 0.6) is 0 Å². The van der Waals surface area contributed by atoms with Crippen LogP contribution in [-0.2, 0) is 14.6 Å². The lowest BCUT2D eigenvalue weighted by molar-refractivity contribution is -0.119. The van der Waals surface area contributed by atoms with Crippen molar-refractivity contribution in [3.63, 3.8) is 0 Å². The summed E-state index contributed by atoms with van der Waals surface area (Å²) in [6.45, 7) is 1.02. The van der Waals surface area contributed by atoms with E-state index in [1.165, 1.54) is 0 Å². The van der Waals surface area contributed by atoms with E-state index in [-0.39, 0.29) is 12.8 Å². The van der Waals surface area contributed by atoms with Crippen molar-refractivity contribution in [3.8, 4) is 11.3 Å². The largest absolute Gasteiger partial charge is 0.440 e. The molecule has 1 amide bonds. The zero-order chi connectivity index (χ0) is 19.1. The number of nitrogens with zero attached hydrogens (tertiary/aromatic N) is 1. The Bertz CT molecular complexity index is 940. The second-order valence-corrected chi connectivity index (χ2v) is 9.71. The summed E-state index contributed by atoms with van der Waals surface area (Å²) in [5.41, 5.74) is 1.43. The summed E-state index contributed by atoms with van der Waals surface area (Å²) in [6, 6.07) is 7.18. The quantitative estimate of drug-likeness (QED) is 0.814. The number of carbonyl (C=O) groups is 1. The molecule has 1 aromatic carbocycles. The summed E-state index contributed by atoms with van der Waals surface area (Å²) in [5.74, 6) is 1.47. The third-order valence-corrected chi connectivity index (χ3v) is 7.43. The number of anilines is 1. The Labute approximate surface area is 158 Å². The molecule has 144 valence electrons. The molecule has 0 bridgehead atoms. The molecule has 2 fully saturated rings. The maximum absolute atomic E-state index is 12.8. The van der Waals surface area contributed by atoms with Crippen LogP contribution in [0.3, 0.4) is 0 Å². The number of benzene rings is 1. The van der Waals surface area contributed by atoms with Gasteiger partial charge >= 0.3 is 0 Å². The molecule has 7 nitrogen and oxygen atoms in total. The van der Waals surface area contributed by atoms with Crippen LogP contribution in [0.2, 0.25) is 0 Å². The summed E-state index contributed by atoms with van der Waals surface area (Å²) >= 11 is 0. The van der Waals surface area contributed by atoms with Gasteiger partial charge in [-0.25, -0.2) is 13.4 Å². The van der Waals surface area contributed by atoms with E-state index in [0.717, 1.165) is 30.6 Å². The summed E-state index contributed by atoms with van der Waals surface area (Å²) in [5, 5.41) is 5.89. The smallest absolute Gasteiger partial charge is 0.245 e. The molecule has 2 N–H and O–H groups in total. The lowest BCUT2D eigenvalue weighted by Gasteiger charge is -2.34. The highest BCUT2D eigenvalue weighted by atomic mass is 32.2. The highest BCUT2D eigenvalue weighted by Crippen LogP contribution is 2.40. The molecule has 1 aliphatic carbocycles. The fourth-order valence-corrected chi connectivity index (χ4v) is 4.83. The second kappa shape index (κ2) is 6.76. The van der Waals surface area contributed by atoms with Gasteiger partial charge in [-0.2, -0.15) is 0 Å². The van der Waals surface area contributed by atoms with E-state index >= 15 is 0 Å². The van der Waals surface area contributed by atoms with Crippen LogP contribution in [0.15, 0.2) is 34.9 Å². The zero-order valence-electron chi connectivity index (χ0n) is 15.2. The van der Waals surface area contributed by atoms with Crippen molar-refractivity contribution in [1.29, 1.82) is 0 Å². The third-order valence-electron chi connectivity index (χ3n) is 5.41. The number of piperidine rings is 1. The normalized spacial score (nSPS) is 19.6. The standard InChI is InChI=1S/C19H23N3O4S/c1-27(24,25)19(8-10-20-11-9-19)18(23)22-15-6-4-13(5-7-15)16-12-21-17(26-16)14-2-3-14/h4-7,12,14,20H,2-3,8-11H2,1H3,(H,22,23). The van der Waals surface area contributed by atoms with Crippen molar-refractivity contribution < 1.29 is 17.6 Å². The summed E-state index contributed by atoms with van der Waals surface area (Å²) in [4.78, 5) is 17.1. The number of amides is 1. The number of aromatic nitrogens is 1. The van der Waals surface area contributed by atoms with Gasteiger partial charge in [0.15, 0.2) is 26.2 Å². The van der Waals surface area contributed by atoms with Crippen molar-refractivity contribution >= 4 is 21.4 Å². The van der Waals surface area contributed by atoms with Gasteiger partial charge in [0.1, 0.15) is 0 Å². The Morgan fingerprint density at radius 2 is 1.89 bits per heavy atom. The van der Waals surface area contributed by atoms with Crippen molar-refractivity contribution in [2.45, 2.75) is 36.3 Å². The Balaban J connectivity index is 1.50. The van der Waals surface area contributed by atoms with Crippen LogP contribution in [0.25, 0.3) is 11.3 Å². The fraction of sp³-hybridized carbons (Fsp3) is 0.474. The minimum atomic E-state index is -3.53. The Morgan fingerprint density at radius 1 is 1.22 bits per heavy atom. The van der Waals surface area contributed by atoms with Crippen LogP contribution in [-0.4, -0.2) is 43.4 Å². The minimum Gasteiger partial charge on any atom is -0.440 e. The third kappa shape index (κ3) is 3.51. The van der Waals surface area contributed by atoms with Gasteiger partial charge in [-0.05, 0) is 63.0 Å². The Morgan fingerprint density at radius 3 is 2.48 bits per heavy atom. The van der Waals surface area contributed by atoms with Crippen molar-refractivity contribution in [2.75, 3.05) is 24.7 Å². The van der Waals surface area contributed by atoms with Gasteiger partial charge < -0.3 is 15.1 Å². The van der Waals surface area contributed by atoms with E-state index in [4.69, 9.17) is 4.42 Å². The molecule has 2 aliphatic rings. The summed E-state index contributed by atoms with van der Waals surface area (Å²) in [7, 11) is -3.53. The number of rotatable bonds is 5. The highest BCUT2D eigenvalue weighted by Gasteiger charge is 2.48. The number of sulfone groups is 1. The molecule has 2 aromatic rings. The van der Waals surface area contributed by atoms with Crippen LogP contribution in [0.1, 0.15) is 37.5 Å². The SMILES string of the molecule is CS(=O)(=O)C1(C(=O)Nc2ccc(-c3cnc(C4CC4)o3)cc2)CCNCC1. The molecule has 8 heteroatoms. The van der Waals surface area contributed by atoms with Crippen molar-refractivity contribution in [1.82, 2.24) is 10.3 Å². The molecule has 1 saturated heterocycles. The molecule has 0 spiro atoms. The molecule has 1 aromatic heterocycles. The molecule has 1 aliphatic heterocycles. The lowest BCUT2D eigenvalue weighted by atomic mass is 9.95. The van der Waals surface area contributed by atoms with Gasteiger partial charge in [0, 0.05) is 23.4 Å². The van der Waals surface area contributed by atoms with E-state index in [2.05, 4.69) is 15.6 Å². The number of hydrogen-bond donors (Lipinski definition) is 2. The number of oxazole rings is 1. The first-order valence-corrected chi connectivity index (χ1v) is 11.1. The monoisotopic (exact) mass is 389 g/mol. The molecule has 1 saturated carbocycles. The molecule has 27 heavy (non-hydrogen) atoms. The first-order valence-electron chi connectivity index (χ1n) is 9.17. The molecule has 2 heterocycles. The molecule has 0 radical (unpaired) electrons. The lowest BCUT2D eigenvalue weighted by Crippen LogP contribution is -2.55. The van der Waals surface area contributed by atoms with E-state index in [9.17, 15) is 13.2 Å². The van der Waals surface area contributed by atoms with Gasteiger partial charge in [0.05, 0.1) is 6.20 Å². The second-order valence-electron chi connectivity index (χ2n) is 7.38. The van der Waals surface area contributed by atoms with Gasteiger partial charge in [-0.1, -0.05) is 0 Å². The molecule has 0 atom stereocenters. The first kappa shape index (κ1) is 18.2. The van der Waals surface area contributed by atoms with Crippen LogP contribution in [0.4, 0.5) is 5.69 Å². The van der Waals surface area contributed by atoms with E-state index in [1.807, 2.05) is 12.1 Å². The zero-order valence-corrected chi connectivity index (χ0v) is 16.0. The van der Waals surface area contributed by atoms with E-state index in [1.54, 1.807) is 18.3 Å². The number of carbonyl (C=O) groups excluding carboxylic acids is 1. The first-order chi connectivity index (χ1) is 12.9. The van der Waals surface area contributed by atoms with Crippen LogP contribution >= 0.6 is 0 Å². The van der Waals surface area contributed by atoms with E-state index in [0.29, 0.717) is 30.5 Å². The van der Waals surface area contributed by atoms with Gasteiger partial charge in [0.2, 0.25) is 5.91 Å². The highest BCUT2D eigenvalue weighted by molar-refractivity contribution is 7.92. The van der Waals surface area contributed by atoms with Crippen molar-refractivity contribution in [3.05, 3.63) is 36.4 Å². The maximum Gasteiger partial charge on any atom is 0.245 e. The Kier molecular flexibility index (Phi) is 4.55. The summed E-state index contributed by atoms with van der Waals surface area (Å²) in [6.07, 6.45) is 5.66. The van der Waals surface area contributed by atoms with Gasteiger partial charge in [-0.3, -0.25) is 4.79 Å². The number of hydrogen-bond acceptors (Lipinski definition) is 6. The van der Waals surface area contributed by atoms with E-state index < -0.39 is 20.5 Å². The maximum atomic E-state index is 12.8.